The Bertz CT molecular complexity index is 508. The van der Waals surface area contributed by atoms with Crippen molar-refractivity contribution in [1.29, 1.82) is 0 Å². The standard InChI is InChI=1S/C14H21BrClN5O/c1-2-21-7-4-10(5-8-21)3-6-17-14(22)20-11-9-18-12(15)13(16)19-11/h9-10H,2-8H2,1H3,(H2,17,19,20,22). The Morgan fingerprint density at radius 1 is 1.50 bits per heavy atom. The Labute approximate surface area is 144 Å². The summed E-state index contributed by atoms with van der Waals surface area (Å²) in [5, 5.41) is 5.70. The molecule has 8 heteroatoms. The van der Waals surface area contributed by atoms with Crippen molar-refractivity contribution in [3.63, 3.8) is 0 Å². The average Bonchev–Trinajstić information content (AvgIpc) is 2.51. The second-order valence-electron chi connectivity index (χ2n) is 5.38. The molecule has 1 aromatic heterocycles. The SMILES string of the molecule is CCN1CCC(CCNC(=O)Nc2cnc(Br)c(Cl)n2)CC1. The van der Waals surface area contributed by atoms with Crippen LogP contribution in [0.3, 0.4) is 0 Å². The molecule has 2 rings (SSSR count). The Kier molecular flexibility index (Phi) is 6.85. The van der Waals surface area contributed by atoms with Gasteiger partial charge in [0, 0.05) is 6.54 Å². The number of likely N-dealkylation sites (tertiary alicyclic amines) is 1. The number of nitrogens with one attached hydrogen (secondary N) is 2. The summed E-state index contributed by atoms with van der Waals surface area (Å²) >= 11 is 8.98. The lowest BCUT2D eigenvalue weighted by Crippen LogP contribution is -2.35. The molecule has 0 unspecified atom stereocenters. The number of hydrogen-bond acceptors (Lipinski definition) is 4. The van der Waals surface area contributed by atoms with Crippen LogP contribution in [0.2, 0.25) is 5.15 Å². The normalized spacial score (nSPS) is 16.5. The first kappa shape index (κ1) is 17.4. The highest BCUT2D eigenvalue weighted by Gasteiger charge is 2.17. The van der Waals surface area contributed by atoms with Crippen LogP contribution in [-0.2, 0) is 0 Å². The number of carbonyl (C=O) groups is 1. The Hall–Kier alpha value is -0.920. The summed E-state index contributed by atoms with van der Waals surface area (Å²) in [6.07, 6.45) is 4.89. The summed E-state index contributed by atoms with van der Waals surface area (Å²) in [6, 6.07) is -0.279. The molecule has 1 aliphatic rings. The Morgan fingerprint density at radius 3 is 2.86 bits per heavy atom. The van der Waals surface area contributed by atoms with Gasteiger partial charge in [0.05, 0.1) is 6.20 Å². The van der Waals surface area contributed by atoms with Gasteiger partial charge < -0.3 is 10.2 Å². The van der Waals surface area contributed by atoms with E-state index in [2.05, 4.69) is 48.4 Å². The van der Waals surface area contributed by atoms with Crippen molar-refractivity contribution in [2.45, 2.75) is 26.2 Å². The molecule has 2 amide bonds. The molecule has 1 saturated heterocycles. The fraction of sp³-hybridized carbons (Fsp3) is 0.643. The number of amides is 2. The maximum absolute atomic E-state index is 11.8. The maximum Gasteiger partial charge on any atom is 0.320 e. The molecule has 1 aliphatic heterocycles. The Balaban J connectivity index is 1.66. The number of hydrogen-bond donors (Lipinski definition) is 2. The number of urea groups is 1. The molecule has 0 atom stereocenters. The summed E-state index contributed by atoms with van der Waals surface area (Å²) in [6.45, 7) is 6.33. The molecule has 2 N–H and O–H groups in total. The minimum absolute atomic E-state index is 0.223. The predicted octanol–water partition coefficient (Wildman–Crippen LogP) is 3.14. The summed E-state index contributed by atoms with van der Waals surface area (Å²) in [5.41, 5.74) is 0. The number of piperidine rings is 1. The fourth-order valence-corrected chi connectivity index (χ4v) is 2.88. The van der Waals surface area contributed by atoms with Gasteiger partial charge in [0.1, 0.15) is 4.60 Å². The fourth-order valence-electron chi connectivity index (χ4n) is 2.55. The van der Waals surface area contributed by atoms with Gasteiger partial charge in [-0.1, -0.05) is 18.5 Å². The van der Waals surface area contributed by atoms with E-state index in [-0.39, 0.29) is 11.2 Å². The van der Waals surface area contributed by atoms with Crippen LogP contribution < -0.4 is 10.6 Å². The zero-order valence-electron chi connectivity index (χ0n) is 12.6. The van der Waals surface area contributed by atoms with Gasteiger partial charge in [0.2, 0.25) is 0 Å². The molecule has 0 saturated carbocycles. The number of aromatic nitrogens is 2. The van der Waals surface area contributed by atoms with E-state index in [9.17, 15) is 4.79 Å². The third-order valence-electron chi connectivity index (χ3n) is 3.92. The maximum atomic E-state index is 11.8. The van der Waals surface area contributed by atoms with Gasteiger partial charge in [-0.05, 0) is 60.7 Å². The van der Waals surface area contributed by atoms with Gasteiger partial charge >= 0.3 is 6.03 Å². The van der Waals surface area contributed by atoms with E-state index >= 15 is 0 Å². The van der Waals surface area contributed by atoms with Gasteiger partial charge in [-0.3, -0.25) is 5.32 Å². The second-order valence-corrected chi connectivity index (χ2v) is 6.49. The van der Waals surface area contributed by atoms with Crippen LogP contribution in [0, 0.1) is 5.92 Å². The zero-order valence-corrected chi connectivity index (χ0v) is 15.0. The smallest absolute Gasteiger partial charge is 0.320 e. The van der Waals surface area contributed by atoms with Gasteiger partial charge in [0.25, 0.3) is 0 Å². The van der Waals surface area contributed by atoms with Crippen molar-refractivity contribution in [3.8, 4) is 0 Å². The van der Waals surface area contributed by atoms with Crippen LogP contribution in [0.1, 0.15) is 26.2 Å². The summed E-state index contributed by atoms with van der Waals surface area (Å²) in [5.74, 6) is 1.03. The molecular weight excluding hydrogens is 370 g/mol. The third kappa shape index (κ3) is 5.37. The molecule has 0 bridgehead atoms. The molecule has 122 valence electrons. The highest BCUT2D eigenvalue weighted by molar-refractivity contribution is 9.10. The van der Waals surface area contributed by atoms with Crippen molar-refractivity contribution < 1.29 is 4.79 Å². The van der Waals surface area contributed by atoms with Crippen LogP contribution in [0.4, 0.5) is 10.6 Å². The van der Waals surface area contributed by atoms with Gasteiger partial charge in [0.15, 0.2) is 11.0 Å². The van der Waals surface area contributed by atoms with E-state index in [1.54, 1.807) is 0 Å². The van der Waals surface area contributed by atoms with Crippen LogP contribution in [-0.4, -0.2) is 47.1 Å². The molecule has 0 aliphatic carbocycles. The largest absolute Gasteiger partial charge is 0.338 e. The van der Waals surface area contributed by atoms with E-state index < -0.39 is 0 Å². The summed E-state index contributed by atoms with van der Waals surface area (Å²) in [4.78, 5) is 22.2. The van der Waals surface area contributed by atoms with E-state index in [1.807, 2.05) is 0 Å². The van der Waals surface area contributed by atoms with Crippen LogP contribution in [0.25, 0.3) is 0 Å². The van der Waals surface area contributed by atoms with Gasteiger partial charge in [-0.2, -0.15) is 0 Å². The van der Waals surface area contributed by atoms with Crippen LogP contribution in [0.15, 0.2) is 10.8 Å². The first-order valence-corrected chi connectivity index (χ1v) is 8.70. The molecule has 0 aromatic carbocycles. The number of carbonyl (C=O) groups excluding carboxylic acids is 1. The van der Waals surface area contributed by atoms with E-state index in [0.717, 1.165) is 13.0 Å². The van der Waals surface area contributed by atoms with Crippen molar-refractivity contribution in [3.05, 3.63) is 16.0 Å². The highest BCUT2D eigenvalue weighted by atomic mass is 79.9. The quantitative estimate of drug-likeness (QED) is 0.810. The van der Waals surface area contributed by atoms with E-state index in [4.69, 9.17) is 11.6 Å². The number of nitrogens with zero attached hydrogens (tertiary/aromatic N) is 3. The first-order valence-electron chi connectivity index (χ1n) is 7.53. The third-order valence-corrected chi connectivity index (χ3v) is 5.00. The lowest BCUT2D eigenvalue weighted by molar-refractivity contribution is 0.186. The molecule has 0 spiro atoms. The molecule has 2 heterocycles. The van der Waals surface area contributed by atoms with Crippen molar-refractivity contribution >= 4 is 39.4 Å². The molecule has 1 aromatic rings. The summed E-state index contributed by atoms with van der Waals surface area (Å²) in [7, 11) is 0. The number of anilines is 1. The monoisotopic (exact) mass is 389 g/mol. The van der Waals surface area contributed by atoms with E-state index in [0.29, 0.717) is 22.9 Å². The summed E-state index contributed by atoms with van der Waals surface area (Å²) < 4.78 is 0.457. The van der Waals surface area contributed by atoms with Crippen molar-refractivity contribution in [1.82, 2.24) is 20.2 Å². The van der Waals surface area contributed by atoms with E-state index in [1.165, 1.54) is 32.1 Å². The molecule has 22 heavy (non-hydrogen) atoms. The van der Waals surface area contributed by atoms with Crippen LogP contribution >= 0.6 is 27.5 Å². The van der Waals surface area contributed by atoms with Gasteiger partial charge in [-0.15, -0.1) is 0 Å². The molecular formula is C14H21BrClN5O. The topological polar surface area (TPSA) is 70.2 Å². The number of rotatable bonds is 5. The minimum atomic E-state index is -0.279. The zero-order chi connectivity index (χ0) is 15.9. The van der Waals surface area contributed by atoms with Gasteiger partial charge in [-0.25, -0.2) is 14.8 Å². The lowest BCUT2D eigenvalue weighted by atomic mass is 9.93. The predicted molar refractivity (Wildman–Crippen MR) is 91.2 cm³/mol. The van der Waals surface area contributed by atoms with Crippen molar-refractivity contribution in [2.75, 3.05) is 31.5 Å². The number of halogens is 2. The molecule has 0 radical (unpaired) electrons. The minimum Gasteiger partial charge on any atom is -0.338 e. The molecule has 1 fully saturated rings. The highest BCUT2D eigenvalue weighted by Crippen LogP contribution is 2.20. The lowest BCUT2D eigenvalue weighted by Gasteiger charge is -2.30. The Morgan fingerprint density at radius 2 is 2.23 bits per heavy atom. The molecule has 6 nitrogen and oxygen atoms in total. The first-order chi connectivity index (χ1) is 10.6. The van der Waals surface area contributed by atoms with Crippen molar-refractivity contribution in [2.24, 2.45) is 5.92 Å². The second kappa shape index (κ2) is 8.64. The average molecular weight is 391 g/mol. The van der Waals surface area contributed by atoms with Crippen LogP contribution in [0.5, 0.6) is 0 Å².